The van der Waals surface area contributed by atoms with Crippen molar-refractivity contribution in [2.45, 2.75) is 39.8 Å². The van der Waals surface area contributed by atoms with Gasteiger partial charge in [0.25, 0.3) is 0 Å². The van der Waals surface area contributed by atoms with Crippen molar-refractivity contribution in [3.8, 4) is 0 Å². The van der Waals surface area contributed by atoms with E-state index in [2.05, 4.69) is 48.9 Å². The molecule has 0 aromatic carbocycles. The summed E-state index contributed by atoms with van der Waals surface area (Å²) in [5.41, 5.74) is 0. The predicted octanol–water partition coefficient (Wildman–Crippen LogP) is 3.74. The van der Waals surface area contributed by atoms with Gasteiger partial charge in [-0.2, -0.15) is 0 Å². The van der Waals surface area contributed by atoms with Crippen molar-refractivity contribution in [3.05, 3.63) is 22.6 Å². The van der Waals surface area contributed by atoms with E-state index in [1.807, 2.05) is 12.1 Å². The van der Waals surface area contributed by atoms with E-state index in [0.717, 1.165) is 10.4 Å². The van der Waals surface area contributed by atoms with Crippen molar-refractivity contribution in [1.29, 1.82) is 0 Å². The fourth-order valence-electron chi connectivity index (χ4n) is 1.23. The number of hydrogen-bond acceptors (Lipinski definition) is 2. The molecule has 80 valence electrons. The summed E-state index contributed by atoms with van der Waals surface area (Å²) in [7, 11) is 0. The highest BCUT2D eigenvalue weighted by Gasteiger charge is 2.14. The zero-order valence-electron chi connectivity index (χ0n) is 9.17. The van der Waals surface area contributed by atoms with Crippen LogP contribution in [0.1, 0.15) is 39.5 Å². The molecule has 0 amide bonds. The van der Waals surface area contributed by atoms with Crippen LogP contribution in [-0.4, -0.2) is 6.04 Å². The summed E-state index contributed by atoms with van der Waals surface area (Å²) >= 11 is 3.30. The lowest BCUT2D eigenvalue weighted by Gasteiger charge is -2.21. The lowest BCUT2D eigenvalue weighted by Crippen LogP contribution is -2.32. The lowest BCUT2D eigenvalue weighted by atomic mass is 10.1. The molecule has 2 atom stereocenters. The minimum atomic E-state index is 0.263. The van der Waals surface area contributed by atoms with Gasteiger partial charge < -0.3 is 9.73 Å². The Morgan fingerprint density at radius 1 is 1.21 bits per heavy atom. The van der Waals surface area contributed by atoms with Gasteiger partial charge in [-0.1, -0.05) is 13.8 Å². The summed E-state index contributed by atoms with van der Waals surface area (Å²) in [4.78, 5) is 0. The average molecular weight is 260 g/mol. The Balaban J connectivity index is 2.54. The molecule has 0 saturated heterocycles. The summed E-state index contributed by atoms with van der Waals surface area (Å²) in [6.45, 7) is 8.73. The van der Waals surface area contributed by atoms with Crippen LogP contribution in [0.25, 0.3) is 0 Å². The van der Waals surface area contributed by atoms with E-state index >= 15 is 0 Å². The maximum atomic E-state index is 5.48. The number of nitrogens with one attached hydrogen (secondary N) is 1. The van der Waals surface area contributed by atoms with E-state index in [1.54, 1.807) is 0 Å². The van der Waals surface area contributed by atoms with Crippen LogP contribution in [0.15, 0.2) is 21.2 Å². The molecule has 3 heteroatoms. The third-order valence-electron chi connectivity index (χ3n) is 2.53. The van der Waals surface area contributed by atoms with Gasteiger partial charge in [-0.25, -0.2) is 0 Å². The van der Waals surface area contributed by atoms with Gasteiger partial charge in [-0.3, -0.25) is 0 Å². The molecule has 1 N–H and O–H groups in total. The molecule has 14 heavy (non-hydrogen) atoms. The molecule has 0 saturated carbocycles. The monoisotopic (exact) mass is 259 g/mol. The number of hydrogen-bond donors (Lipinski definition) is 1. The first kappa shape index (κ1) is 11.8. The van der Waals surface area contributed by atoms with Gasteiger partial charge in [0.2, 0.25) is 0 Å². The van der Waals surface area contributed by atoms with Crippen molar-refractivity contribution < 1.29 is 4.42 Å². The van der Waals surface area contributed by atoms with E-state index in [-0.39, 0.29) is 6.04 Å². The summed E-state index contributed by atoms with van der Waals surface area (Å²) in [5.74, 6) is 1.61. The number of furan rings is 1. The molecule has 0 aliphatic rings. The maximum Gasteiger partial charge on any atom is 0.169 e. The van der Waals surface area contributed by atoms with Gasteiger partial charge >= 0.3 is 0 Å². The summed E-state index contributed by atoms with van der Waals surface area (Å²) in [6.07, 6.45) is 0. The fourth-order valence-corrected chi connectivity index (χ4v) is 1.55. The van der Waals surface area contributed by atoms with Crippen LogP contribution >= 0.6 is 15.9 Å². The summed E-state index contributed by atoms with van der Waals surface area (Å²) < 4.78 is 6.27. The van der Waals surface area contributed by atoms with Crippen LogP contribution in [0, 0.1) is 5.92 Å². The van der Waals surface area contributed by atoms with Gasteiger partial charge in [0.05, 0.1) is 6.04 Å². The molecular weight excluding hydrogens is 242 g/mol. The Morgan fingerprint density at radius 3 is 2.29 bits per heavy atom. The van der Waals surface area contributed by atoms with Gasteiger partial charge in [-0.15, -0.1) is 0 Å². The van der Waals surface area contributed by atoms with Crippen LogP contribution in [0.3, 0.4) is 0 Å². The van der Waals surface area contributed by atoms with Gasteiger partial charge in [0, 0.05) is 6.04 Å². The smallest absolute Gasteiger partial charge is 0.169 e. The van der Waals surface area contributed by atoms with Crippen molar-refractivity contribution in [3.63, 3.8) is 0 Å². The minimum Gasteiger partial charge on any atom is -0.453 e. The molecule has 1 aromatic heterocycles. The first-order valence-electron chi connectivity index (χ1n) is 5.02. The van der Waals surface area contributed by atoms with Gasteiger partial charge in [0.1, 0.15) is 5.76 Å². The molecule has 0 fully saturated rings. The van der Waals surface area contributed by atoms with Crippen LogP contribution in [0.4, 0.5) is 0 Å². The molecule has 0 aliphatic heterocycles. The second kappa shape index (κ2) is 4.99. The molecule has 0 aliphatic carbocycles. The first-order chi connectivity index (χ1) is 6.50. The molecular formula is C11H18BrNO. The molecule has 1 aromatic rings. The minimum absolute atomic E-state index is 0.263. The highest BCUT2D eigenvalue weighted by atomic mass is 79.9. The van der Waals surface area contributed by atoms with Crippen LogP contribution in [0.5, 0.6) is 0 Å². The Kier molecular flexibility index (Phi) is 4.20. The molecule has 0 spiro atoms. The number of rotatable bonds is 4. The summed E-state index contributed by atoms with van der Waals surface area (Å²) in [6, 6.07) is 4.68. The second-order valence-corrected chi connectivity index (χ2v) is 4.84. The molecule has 2 unspecified atom stereocenters. The molecule has 1 rings (SSSR count). The fraction of sp³-hybridized carbons (Fsp3) is 0.636. The predicted molar refractivity (Wildman–Crippen MR) is 62.3 cm³/mol. The van der Waals surface area contributed by atoms with Crippen LogP contribution in [0.2, 0.25) is 0 Å². The largest absolute Gasteiger partial charge is 0.453 e. The summed E-state index contributed by atoms with van der Waals surface area (Å²) in [5, 5.41) is 3.49. The van der Waals surface area contributed by atoms with Crippen molar-refractivity contribution in [2.24, 2.45) is 5.92 Å². The van der Waals surface area contributed by atoms with E-state index in [1.165, 1.54) is 0 Å². The third kappa shape index (κ3) is 3.14. The Labute approximate surface area is 94.2 Å². The van der Waals surface area contributed by atoms with Crippen LogP contribution < -0.4 is 5.32 Å². The average Bonchev–Trinajstić information content (AvgIpc) is 2.51. The van der Waals surface area contributed by atoms with Crippen LogP contribution in [-0.2, 0) is 0 Å². The van der Waals surface area contributed by atoms with E-state index in [0.29, 0.717) is 12.0 Å². The normalized spacial score (nSPS) is 15.9. The molecule has 0 bridgehead atoms. The molecule has 1 heterocycles. The van der Waals surface area contributed by atoms with Gasteiger partial charge in [-0.05, 0) is 47.8 Å². The maximum absolute atomic E-state index is 5.48. The SMILES string of the molecule is CC(NC(C)C(C)C)c1ccc(Br)o1. The number of halogens is 1. The Hall–Kier alpha value is -0.280. The van der Waals surface area contributed by atoms with Crippen molar-refractivity contribution >= 4 is 15.9 Å². The van der Waals surface area contributed by atoms with Crippen molar-refractivity contribution in [2.75, 3.05) is 0 Å². The quantitative estimate of drug-likeness (QED) is 0.892. The van der Waals surface area contributed by atoms with Gasteiger partial charge in [0.15, 0.2) is 4.67 Å². The molecule has 0 radical (unpaired) electrons. The third-order valence-corrected chi connectivity index (χ3v) is 2.96. The topological polar surface area (TPSA) is 25.2 Å². The molecule has 2 nitrogen and oxygen atoms in total. The highest BCUT2D eigenvalue weighted by molar-refractivity contribution is 9.10. The van der Waals surface area contributed by atoms with Crippen molar-refractivity contribution in [1.82, 2.24) is 5.32 Å². The Bertz CT molecular complexity index is 283. The highest BCUT2D eigenvalue weighted by Crippen LogP contribution is 2.21. The standard InChI is InChI=1S/C11H18BrNO/c1-7(2)8(3)13-9(4)10-5-6-11(12)14-10/h5-9,13H,1-4H3. The second-order valence-electron chi connectivity index (χ2n) is 4.06. The van der Waals surface area contributed by atoms with E-state index < -0.39 is 0 Å². The first-order valence-corrected chi connectivity index (χ1v) is 5.81. The Morgan fingerprint density at radius 2 is 1.86 bits per heavy atom. The zero-order chi connectivity index (χ0) is 10.7. The lowest BCUT2D eigenvalue weighted by molar-refractivity contribution is 0.347. The van der Waals surface area contributed by atoms with E-state index in [4.69, 9.17) is 4.42 Å². The zero-order valence-corrected chi connectivity index (χ0v) is 10.8. The van der Waals surface area contributed by atoms with E-state index in [9.17, 15) is 0 Å².